The van der Waals surface area contributed by atoms with Crippen molar-refractivity contribution in [3.05, 3.63) is 57.1 Å². The third-order valence-electron chi connectivity index (χ3n) is 3.92. The highest BCUT2D eigenvalue weighted by atomic mass is 35.5. The van der Waals surface area contributed by atoms with Crippen LogP contribution in [0.2, 0.25) is 5.02 Å². The van der Waals surface area contributed by atoms with Crippen molar-refractivity contribution in [2.24, 2.45) is 0 Å². The normalized spacial score (nSPS) is 14.4. The highest BCUT2D eigenvalue weighted by Crippen LogP contribution is 2.38. The fraction of sp³-hybridized carbons (Fsp3) is 0.250. The average molecular weight is 383 g/mol. The lowest BCUT2D eigenvalue weighted by atomic mass is 10.2. The van der Waals surface area contributed by atoms with Gasteiger partial charge in [-0.25, -0.2) is 8.42 Å². The van der Waals surface area contributed by atoms with Crippen molar-refractivity contribution >= 4 is 33.0 Å². The van der Waals surface area contributed by atoms with E-state index in [4.69, 9.17) is 16.3 Å². The summed E-state index contributed by atoms with van der Waals surface area (Å²) in [5, 5.41) is 11.0. The number of sulfonamides is 1. The van der Waals surface area contributed by atoms with E-state index < -0.39 is 20.6 Å². The molecule has 25 heavy (non-hydrogen) atoms. The van der Waals surface area contributed by atoms with Gasteiger partial charge >= 0.3 is 0 Å². The van der Waals surface area contributed by atoms with Gasteiger partial charge in [-0.15, -0.1) is 0 Å². The number of nitrogens with zero attached hydrogens (tertiary/aromatic N) is 2. The van der Waals surface area contributed by atoms with Crippen LogP contribution >= 0.6 is 11.6 Å². The molecule has 0 radical (unpaired) electrons. The van der Waals surface area contributed by atoms with Gasteiger partial charge in [0.2, 0.25) is 0 Å². The molecule has 1 aliphatic rings. The first-order chi connectivity index (χ1) is 11.8. The summed E-state index contributed by atoms with van der Waals surface area (Å²) in [7, 11) is -4.00. The predicted octanol–water partition coefficient (Wildman–Crippen LogP) is 3.53. The fourth-order valence-corrected chi connectivity index (χ4v) is 4.52. The van der Waals surface area contributed by atoms with Gasteiger partial charge in [0, 0.05) is 19.0 Å². The van der Waals surface area contributed by atoms with Crippen LogP contribution in [-0.4, -0.2) is 26.5 Å². The molecule has 2 aromatic carbocycles. The monoisotopic (exact) mass is 382 g/mol. The van der Waals surface area contributed by atoms with Gasteiger partial charge in [0.15, 0.2) is 0 Å². The summed E-state index contributed by atoms with van der Waals surface area (Å²) in [6.45, 7) is 2.40. The molecule has 0 saturated heterocycles. The molecule has 0 aromatic heterocycles. The maximum Gasteiger partial charge on any atom is 0.289 e. The largest absolute Gasteiger partial charge is 0.491 e. The summed E-state index contributed by atoms with van der Waals surface area (Å²) in [4.78, 5) is 10.2. The first kappa shape index (κ1) is 17.5. The number of hydrogen-bond donors (Lipinski definition) is 0. The Kier molecular flexibility index (Phi) is 4.57. The van der Waals surface area contributed by atoms with Crippen molar-refractivity contribution in [3.63, 3.8) is 0 Å². The van der Waals surface area contributed by atoms with Crippen LogP contribution < -0.4 is 9.04 Å². The molecular formula is C16H15ClN2O5S. The number of ether oxygens (including phenoxy) is 1. The van der Waals surface area contributed by atoms with E-state index in [0.29, 0.717) is 24.5 Å². The van der Waals surface area contributed by atoms with Gasteiger partial charge in [0.1, 0.15) is 10.8 Å². The van der Waals surface area contributed by atoms with Crippen molar-refractivity contribution < 1.29 is 18.1 Å². The van der Waals surface area contributed by atoms with Crippen LogP contribution in [0, 0.1) is 17.0 Å². The molecule has 0 unspecified atom stereocenters. The smallest absolute Gasteiger partial charge is 0.289 e. The van der Waals surface area contributed by atoms with Gasteiger partial charge < -0.3 is 4.74 Å². The number of halogens is 1. The molecule has 0 spiro atoms. The van der Waals surface area contributed by atoms with E-state index in [2.05, 4.69) is 0 Å². The second kappa shape index (κ2) is 6.53. The topological polar surface area (TPSA) is 89.8 Å². The Labute approximate surface area is 150 Å². The molecular weight excluding hydrogens is 368 g/mol. The fourth-order valence-electron chi connectivity index (χ4n) is 2.73. The standard InChI is InChI=1S/C16H15ClN2O5S/c1-11-4-2-5-15-16(11)18(8-3-9-24-15)25(22,23)12-6-7-13(17)14(10-12)19(20)21/h2,4-7,10H,3,8-9H2,1H3. The zero-order chi connectivity index (χ0) is 18.2. The van der Waals surface area contributed by atoms with E-state index >= 15 is 0 Å². The van der Waals surface area contributed by atoms with E-state index in [-0.39, 0.29) is 16.5 Å². The highest BCUT2D eigenvalue weighted by Gasteiger charge is 2.31. The van der Waals surface area contributed by atoms with Gasteiger partial charge in [-0.1, -0.05) is 23.7 Å². The molecule has 3 rings (SSSR count). The Bertz CT molecular complexity index is 946. The summed E-state index contributed by atoms with van der Waals surface area (Å²) >= 11 is 5.79. The molecule has 2 aromatic rings. The molecule has 0 amide bonds. The first-order valence-electron chi connectivity index (χ1n) is 7.51. The van der Waals surface area contributed by atoms with Crippen LogP contribution in [0.4, 0.5) is 11.4 Å². The minimum Gasteiger partial charge on any atom is -0.491 e. The second-order valence-corrected chi connectivity index (χ2v) is 7.84. The summed E-state index contributed by atoms with van der Waals surface area (Å²) in [5.41, 5.74) is 0.753. The van der Waals surface area contributed by atoms with E-state index in [0.717, 1.165) is 11.6 Å². The third kappa shape index (κ3) is 3.14. The van der Waals surface area contributed by atoms with E-state index in [9.17, 15) is 18.5 Å². The number of rotatable bonds is 3. The second-order valence-electron chi connectivity index (χ2n) is 5.57. The van der Waals surface area contributed by atoms with Crippen LogP contribution in [0.1, 0.15) is 12.0 Å². The minimum absolute atomic E-state index is 0.111. The molecule has 0 aliphatic carbocycles. The van der Waals surface area contributed by atoms with Crippen LogP contribution in [0.25, 0.3) is 0 Å². The molecule has 0 saturated carbocycles. The maximum atomic E-state index is 13.1. The Hall–Kier alpha value is -2.32. The summed E-state index contributed by atoms with van der Waals surface area (Å²) < 4.78 is 33.2. The number of fused-ring (bicyclic) bond motifs is 1. The van der Waals surface area contributed by atoms with Crippen molar-refractivity contribution in [2.45, 2.75) is 18.2 Å². The van der Waals surface area contributed by atoms with Crippen molar-refractivity contribution in [1.82, 2.24) is 0 Å². The summed E-state index contributed by atoms with van der Waals surface area (Å²) in [6, 6.07) is 8.77. The van der Waals surface area contributed by atoms with Crippen LogP contribution in [0.3, 0.4) is 0 Å². The third-order valence-corrected chi connectivity index (χ3v) is 6.03. The summed E-state index contributed by atoms with van der Waals surface area (Å²) in [5.74, 6) is 0.476. The van der Waals surface area contributed by atoms with Crippen LogP contribution in [-0.2, 0) is 10.0 Å². The van der Waals surface area contributed by atoms with E-state index in [1.54, 1.807) is 25.1 Å². The molecule has 7 nitrogen and oxygen atoms in total. The van der Waals surface area contributed by atoms with Crippen molar-refractivity contribution in [3.8, 4) is 5.75 Å². The van der Waals surface area contributed by atoms with Gasteiger partial charge in [-0.2, -0.15) is 0 Å². The first-order valence-corrected chi connectivity index (χ1v) is 9.33. The van der Waals surface area contributed by atoms with Crippen molar-refractivity contribution in [1.29, 1.82) is 0 Å². The number of nitro benzene ring substituents is 1. The lowest BCUT2D eigenvalue weighted by molar-refractivity contribution is -0.384. The number of nitro groups is 1. The number of hydrogen-bond acceptors (Lipinski definition) is 5. The van der Waals surface area contributed by atoms with Gasteiger partial charge in [0.05, 0.1) is 22.1 Å². The highest BCUT2D eigenvalue weighted by molar-refractivity contribution is 7.92. The minimum atomic E-state index is -4.00. The molecule has 0 fully saturated rings. The van der Waals surface area contributed by atoms with Gasteiger partial charge in [-0.3, -0.25) is 14.4 Å². The summed E-state index contributed by atoms with van der Waals surface area (Å²) in [6.07, 6.45) is 0.503. The van der Waals surface area contributed by atoms with Crippen LogP contribution in [0.15, 0.2) is 41.3 Å². The van der Waals surface area contributed by atoms with Crippen LogP contribution in [0.5, 0.6) is 5.75 Å². The Morgan fingerprint density at radius 1 is 1.28 bits per heavy atom. The number of benzene rings is 2. The number of anilines is 1. The molecule has 132 valence electrons. The zero-order valence-electron chi connectivity index (χ0n) is 13.3. The number of aryl methyl sites for hydroxylation is 1. The molecule has 0 atom stereocenters. The zero-order valence-corrected chi connectivity index (χ0v) is 14.9. The average Bonchev–Trinajstić information content (AvgIpc) is 2.78. The lowest BCUT2D eigenvalue weighted by Crippen LogP contribution is -2.32. The lowest BCUT2D eigenvalue weighted by Gasteiger charge is -2.25. The Morgan fingerprint density at radius 2 is 2.04 bits per heavy atom. The maximum absolute atomic E-state index is 13.1. The van der Waals surface area contributed by atoms with Gasteiger partial charge in [-0.05, 0) is 30.7 Å². The molecule has 1 heterocycles. The molecule has 0 bridgehead atoms. The van der Waals surface area contributed by atoms with E-state index in [1.165, 1.54) is 16.4 Å². The Balaban J connectivity index is 2.16. The SMILES string of the molecule is Cc1cccc2c1N(S(=O)(=O)c1ccc(Cl)c([N+](=O)[O-])c1)CCCO2. The number of para-hydroxylation sites is 1. The predicted molar refractivity (Wildman–Crippen MR) is 93.9 cm³/mol. The van der Waals surface area contributed by atoms with Gasteiger partial charge in [0.25, 0.3) is 15.7 Å². The quantitative estimate of drug-likeness (QED) is 0.598. The molecule has 9 heteroatoms. The van der Waals surface area contributed by atoms with Crippen molar-refractivity contribution in [2.75, 3.05) is 17.5 Å². The Morgan fingerprint density at radius 3 is 2.76 bits per heavy atom. The molecule has 0 N–H and O–H groups in total. The van der Waals surface area contributed by atoms with E-state index in [1.807, 2.05) is 0 Å². The molecule has 1 aliphatic heterocycles.